The lowest BCUT2D eigenvalue weighted by Crippen LogP contribution is -2.45. The van der Waals surface area contributed by atoms with Gasteiger partial charge in [0.25, 0.3) is 0 Å². The Bertz CT molecular complexity index is 792. The van der Waals surface area contributed by atoms with Gasteiger partial charge in [-0.3, -0.25) is 9.69 Å². The van der Waals surface area contributed by atoms with Crippen molar-refractivity contribution in [3.05, 3.63) is 70.2 Å². The molecule has 0 spiro atoms. The van der Waals surface area contributed by atoms with Crippen molar-refractivity contribution in [1.29, 1.82) is 0 Å². The van der Waals surface area contributed by atoms with Crippen molar-refractivity contribution in [3.63, 3.8) is 0 Å². The summed E-state index contributed by atoms with van der Waals surface area (Å²) < 4.78 is 6.97. The molecule has 1 amide bonds. The summed E-state index contributed by atoms with van der Waals surface area (Å²) in [4.78, 5) is 14.7. The third-order valence-electron chi connectivity index (χ3n) is 5.60. The van der Waals surface area contributed by atoms with Crippen LogP contribution in [0.25, 0.3) is 0 Å². The third kappa shape index (κ3) is 4.60. The summed E-state index contributed by atoms with van der Waals surface area (Å²) in [6, 6.07) is 18.7. The topological polar surface area (TPSA) is 41.6 Å². The van der Waals surface area contributed by atoms with Crippen molar-refractivity contribution in [1.82, 2.24) is 10.2 Å². The van der Waals surface area contributed by atoms with E-state index >= 15 is 0 Å². The monoisotopic (exact) mass is 428 g/mol. The molecule has 2 aromatic rings. The number of hydrogen-bond acceptors (Lipinski definition) is 3. The summed E-state index contributed by atoms with van der Waals surface area (Å²) in [6.07, 6.45) is 2.32. The number of morpholine rings is 1. The van der Waals surface area contributed by atoms with Crippen LogP contribution >= 0.6 is 15.9 Å². The fourth-order valence-corrected chi connectivity index (χ4v) is 4.21. The molecular weight excluding hydrogens is 404 g/mol. The molecule has 1 aliphatic heterocycles. The molecule has 5 heteroatoms. The molecule has 142 valence electrons. The quantitative estimate of drug-likeness (QED) is 0.762. The highest BCUT2D eigenvalue weighted by Gasteiger charge is 2.44. The Morgan fingerprint density at radius 2 is 2.00 bits per heavy atom. The number of halogens is 1. The molecule has 1 saturated carbocycles. The van der Waals surface area contributed by atoms with Crippen LogP contribution in [0.1, 0.15) is 30.1 Å². The molecule has 1 N–H and O–H groups in total. The Morgan fingerprint density at radius 3 is 2.74 bits per heavy atom. The lowest BCUT2D eigenvalue weighted by molar-refractivity contribution is -0.124. The summed E-state index contributed by atoms with van der Waals surface area (Å²) in [5.41, 5.74) is 2.64. The molecule has 2 aromatic carbocycles. The molecular formula is C22H25BrN2O2. The number of benzene rings is 2. The molecule has 0 aromatic heterocycles. The Morgan fingerprint density at radius 1 is 1.19 bits per heavy atom. The first-order valence-corrected chi connectivity index (χ1v) is 10.4. The van der Waals surface area contributed by atoms with Crippen LogP contribution in [-0.4, -0.2) is 43.6 Å². The van der Waals surface area contributed by atoms with E-state index in [1.807, 2.05) is 18.2 Å². The number of carbonyl (C=O) groups excluding carboxylic acids is 1. The zero-order valence-electron chi connectivity index (χ0n) is 15.4. The normalized spacial score (nSPS) is 21.6. The zero-order chi connectivity index (χ0) is 18.7. The van der Waals surface area contributed by atoms with E-state index in [-0.39, 0.29) is 17.4 Å². The SMILES string of the molecule is O=C(CN1CCOC(c2cccc(Br)c2)C1)NCC1(c2ccccc2)CC1. The van der Waals surface area contributed by atoms with Gasteiger partial charge < -0.3 is 10.1 Å². The first kappa shape index (κ1) is 18.7. The van der Waals surface area contributed by atoms with Crippen LogP contribution in [0.15, 0.2) is 59.1 Å². The van der Waals surface area contributed by atoms with E-state index in [1.165, 1.54) is 5.56 Å². The summed E-state index contributed by atoms with van der Waals surface area (Å²) in [5, 5.41) is 3.17. The van der Waals surface area contributed by atoms with Gasteiger partial charge in [0.05, 0.1) is 19.3 Å². The van der Waals surface area contributed by atoms with Gasteiger partial charge in [-0.1, -0.05) is 58.4 Å². The molecule has 4 rings (SSSR count). The van der Waals surface area contributed by atoms with Crippen molar-refractivity contribution in [2.24, 2.45) is 0 Å². The minimum Gasteiger partial charge on any atom is -0.371 e. The van der Waals surface area contributed by atoms with Crippen molar-refractivity contribution in [2.75, 3.05) is 32.8 Å². The molecule has 0 bridgehead atoms. The van der Waals surface area contributed by atoms with Gasteiger partial charge in [0.15, 0.2) is 0 Å². The maximum absolute atomic E-state index is 12.5. The molecule has 27 heavy (non-hydrogen) atoms. The van der Waals surface area contributed by atoms with E-state index in [0.717, 1.165) is 42.5 Å². The number of hydrogen-bond donors (Lipinski definition) is 1. The second kappa shape index (κ2) is 8.13. The minimum atomic E-state index is 0.0168. The number of nitrogens with one attached hydrogen (secondary N) is 1. The van der Waals surface area contributed by atoms with Gasteiger partial charge in [-0.15, -0.1) is 0 Å². The molecule has 2 aliphatic rings. The molecule has 1 heterocycles. The van der Waals surface area contributed by atoms with E-state index in [9.17, 15) is 4.79 Å². The summed E-state index contributed by atoms with van der Waals surface area (Å²) >= 11 is 3.52. The fraction of sp³-hybridized carbons (Fsp3) is 0.409. The van der Waals surface area contributed by atoms with Crippen LogP contribution in [0.2, 0.25) is 0 Å². The molecule has 1 atom stereocenters. The highest BCUT2D eigenvalue weighted by molar-refractivity contribution is 9.10. The first-order chi connectivity index (χ1) is 13.1. The molecule has 0 radical (unpaired) electrons. The maximum atomic E-state index is 12.5. The highest BCUT2D eigenvalue weighted by Crippen LogP contribution is 2.47. The van der Waals surface area contributed by atoms with Crippen molar-refractivity contribution < 1.29 is 9.53 Å². The zero-order valence-corrected chi connectivity index (χ0v) is 17.0. The first-order valence-electron chi connectivity index (χ1n) is 9.56. The Hall–Kier alpha value is -1.69. The fourth-order valence-electron chi connectivity index (χ4n) is 3.79. The Kier molecular flexibility index (Phi) is 5.62. The number of ether oxygens (including phenoxy) is 1. The van der Waals surface area contributed by atoms with E-state index in [2.05, 4.69) is 62.5 Å². The summed E-state index contributed by atoms with van der Waals surface area (Å²) in [7, 11) is 0. The van der Waals surface area contributed by atoms with E-state index in [0.29, 0.717) is 13.2 Å². The van der Waals surface area contributed by atoms with Crippen LogP contribution < -0.4 is 5.32 Å². The van der Waals surface area contributed by atoms with E-state index < -0.39 is 0 Å². The standard InChI is InChI=1S/C22H25BrN2O2/c23-19-8-4-5-17(13-19)20-14-25(11-12-27-20)15-21(26)24-16-22(9-10-22)18-6-2-1-3-7-18/h1-8,13,20H,9-12,14-16H2,(H,24,26). The lowest BCUT2D eigenvalue weighted by Gasteiger charge is -2.33. The lowest BCUT2D eigenvalue weighted by atomic mass is 9.96. The van der Waals surface area contributed by atoms with Crippen LogP contribution in [0.5, 0.6) is 0 Å². The summed E-state index contributed by atoms with van der Waals surface area (Å²) in [6.45, 7) is 3.35. The maximum Gasteiger partial charge on any atom is 0.234 e. The van der Waals surface area contributed by atoms with Crippen LogP contribution in [0.3, 0.4) is 0 Å². The molecule has 1 saturated heterocycles. The minimum absolute atomic E-state index is 0.0168. The van der Waals surface area contributed by atoms with Gasteiger partial charge in [-0.05, 0) is 36.1 Å². The second-order valence-corrected chi connectivity index (χ2v) is 8.49. The average molecular weight is 429 g/mol. The van der Waals surface area contributed by atoms with Crippen LogP contribution in [-0.2, 0) is 14.9 Å². The van der Waals surface area contributed by atoms with E-state index in [4.69, 9.17) is 4.74 Å². The largest absolute Gasteiger partial charge is 0.371 e. The molecule has 2 fully saturated rings. The van der Waals surface area contributed by atoms with Crippen LogP contribution in [0, 0.1) is 0 Å². The Labute approximate surface area is 169 Å². The highest BCUT2D eigenvalue weighted by atomic mass is 79.9. The molecule has 1 aliphatic carbocycles. The van der Waals surface area contributed by atoms with Gasteiger partial charge in [-0.2, -0.15) is 0 Å². The van der Waals surface area contributed by atoms with Gasteiger partial charge in [0, 0.05) is 29.5 Å². The van der Waals surface area contributed by atoms with Crippen molar-refractivity contribution in [3.8, 4) is 0 Å². The summed E-state index contributed by atoms with van der Waals surface area (Å²) in [5.74, 6) is 0.104. The third-order valence-corrected chi connectivity index (χ3v) is 6.10. The van der Waals surface area contributed by atoms with Crippen LogP contribution in [0.4, 0.5) is 0 Å². The number of rotatable bonds is 6. The number of nitrogens with zero attached hydrogens (tertiary/aromatic N) is 1. The Balaban J connectivity index is 1.29. The average Bonchev–Trinajstić information content (AvgIpc) is 3.49. The second-order valence-electron chi connectivity index (χ2n) is 7.57. The molecule has 4 nitrogen and oxygen atoms in total. The van der Waals surface area contributed by atoms with Crippen molar-refractivity contribution in [2.45, 2.75) is 24.4 Å². The smallest absolute Gasteiger partial charge is 0.234 e. The van der Waals surface area contributed by atoms with Gasteiger partial charge >= 0.3 is 0 Å². The van der Waals surface area contributed by atoms with Gasteiger partial charge in [0.1, 0.15) is 0 Å². The molecule has 1 unspecified atom stereocenters. The predicted octanol–water partition coefficient (Wildman–Crippen LogP) is 3.67. The number of carbonyl (C=O) groups is 1. The van der Waals surface area contributed by atoms with Crippen molar-refractivity contribution >= 4 is 21.8 Å². The van der Waals surface area contributed by atoms with E-state index in [1.54, 1.807) is 0 Å². The predicted molar refractivity (Wildman–Crippen MR) is 110 cm³/mol. The number of amides is 1. The van der Waals surface area contributed by atoms with Gasteiger partial charge in [0.2, 0.25) is 5.91 Å². The van der Waals surface area contributed by atoms with Gasteiger partial charge in [-0.25, -0.2) is 0 Å².